The minimum Gasteiger partial charge on any atom is -0.258 e. The lowest BCUT2D eigenvalue weighted by Gasteiger charge is -2.00. The summed E-state index contributed by atoms with van der Waals surface area (Å²) in [6, 6.07) is 4.28. The number of benzene rings is 1. The van der Waals surface area contributed by atoms with Crippen molar-refractivity contribution in [1.82, 2.24) is 15.2 Å². The van der Waals surface area contributed by atoms with E-state index in [1.54, 1.807) is 6.07 Å². The van der Waals surface area contributed by atoms with Gasteiger partial charge in [0.15, 0.2) is 5.16 Å². The van der Waals surface area contributed by atoms with Gasteiger partial charge < -0.3 is 0 Å². The fraction of sp³-hybridized carbons (Fsp3) is 0. The number of nitrogens with one attached hydrogen (secondary N) is 1. The van der Waals surface area contributed by atoms with Gasteiger partial charge in [0.25, 0.3) is 5.69 Å². The molecule has 2 rings (SSSR count). The number of non-ortho nitro benzene ring substituents is 1. The molecule has 1 aromatic heterocycles. The van der Waals surface area contributed by atoms with Crippen LogP contribution in [0.5, 0.6) is 0 Å². The number of rotatable bonds is 3. The second kappa shape index (κ2) is 4.50. The van der Waals surface area contributed by atoms with Gasteiger partial charge in [-0.3, -0.25) is 15.2 Å². The fourth-order valence-corrected chi connectivity index (χ4v) is 2.02. The predicted molar refractivity (Wildman–Crippen MR) is 58.6 cm³/mol. The number of hydrogen-bond donors (Lipinski definition) is 1. The Morgan fingerprint density at radius 3 is 2.88 bits per heavy atom. The van der Waals surface area contributed by atoms with Gasteiger partial charge in [-0.25, -0.2) is 4.98 Å². The molecule has 1 aromatic carbocycles. The summed E-state index contributed by atoms with van der Waals surface area (Å²) in [5, 5.41) is 17.7. The molecule has 0 aliphatic rings. The summed E-state index contributed by atoms with van der Waals surface area (Å²) >= 11 is 7.16. The molecule has 0 unspecified atom stereocenters. The Balaban J connectivity index is 2.26. The summed E-state index contributed by atoms with van der Waals surface area (Å²) in [5.41, 5.74) is -0.0353. The maximum absolute atomic E-state index is 10.5. The monoisotopic (exact) mass is 256 g/mol. The molecule has 16 heavy (non-hydrogen) atoms. The minimum atomic E-state index is -0.491. The molecule has 2 aromatic rings. The zero-order valence-electron chi connectivity index (χ0n) is 7.75. The molecular formula is C8H5ClN4O2S. The van der Waals surface area contributed by atoms with Gasteiger partial charge in [-0.15, -0.1) is 0 Å². The van der Waals surface area contributed by atoms with E-state index in [2.05, 4.69) is 15.2 Å². The first-order chi connectivity index (χ1) is 7.66. The summed E-state index contributed by atoms with van der Waals surface area (Å²) in [6.45, 7) is 0. The van der Waals surface area contributed by atoms with Gasteiger partial charge >= 0.3 is 0 Å². The summed E-state index contributed by atoms with van der Waals surface area (Å²) < 4.78 is 0. The number of nitro benzene ring substituents is 1. The van der Waals surface area contributed by atoms with Crippen LogP contribution < -0.4 is 0 Å². The molecule has 0 amide bonds. The second-order valence-electron chi connectivity index (χ2n) is 2.76. The Labute approximate surface area is 99.2 Å². The quantitative estimate of drug-likeness (QED) is 0.674. The lowest BCUT2D eigenvalue weighted by atomic mass is 10.3. The van der Waals surface area contributed by atoms with Crippen LogP contribution in [0.4, 0.5) is 5.69 Å². The van der Waals surface area contributed by atoms with Crippen LogP contribution in [0, 0.1) is 10.1 Å². The maximum Gasteiger partial charge on any atom is 0.270 e. The van der Waals surface area contributed by atoms with E-state index >= 15 is 0 Å². The second-order valence-corrected chi connectivity index (χ2v) is 4.20. The number of H-pyrrole nitrogens is 1. The molecule has 1 heterocycles. The third kappa shape index (κ3) is 2.31. The molecule has 8 heteroatoms. The zero-order chi connectivity index (χ0) is 11.5. The molecule has 1 N–H and O–H groups in total. The summed E-state index contributed by atoms with van der Waals surface area (Å²) in [4.78, 5) is 14.6. The Hall–Kier alpha value is -1.60. The van der Waals surface area contributed by atoms with Crippen molar-refractivity contribution in [3.63, 3.8) is 0 Å². The maximum atomic E-state index is 10.5. The van der Waals surface area contributed by atoms with Gasteiger partial charge in [0.1, 0.15) is 6.33 Å². The summed E-state index contributed by atoms with van der Waals surface area (Å²) in [6.07, 6.45) is 1.38. The smallest absolute Gasteiger partial charge is 0.258 e. The van der Waals surface area contributed by atoms with Crippen molar-refractivity contribution in [2.75, 3.05) is 0 Å². The van der Waals surface area contributed by atoms with E-state index in [4.69, 9.17) is 11.6 Å². The lowest BCUT2D eigenvalue weighted by Crippen LogP contribution is -1.88. The average molecular weight is 257 g/mol. The highest BCUT2D eigenvalue weighted by Gasteiger charge is 2.11. The van der Waals surface area contributed by atoms with Crippen LogP contribution in [0.3, 0.4) is 0 Å². The molecule has 0 saturated heterocycles. The van der Waals surface area contributed by atoms with E-state index < -0.39 is 4.92 Å². The number of nitrogens with zero attached hydrogens (tertiary/aromatic N) is 3. The molecular weight excluding hydrogens is 252 g/mol. The molecule has 0 spiro atoms. The van der Waals surface area contributed by atoms with Crippen LogP contribution in [0.1, 0.15) is 0 Å². The molecule has 82 valence electrons. The SMILES string of the molecule is O=[N+]([O-])c1ccc(Sc2ncn[nH]2)c(Cl)c1. The zero-order valence-corrected chi connectivity index (χ0v) is 9.33. The molecule has 0 saturated carbocycles. The summed E-state index contributed by atoms with van der Waals surface area (Å²) in [7, 11) is 0. The standard InChI is InChI=1S/C8H5ClN4O2S/c9-6-3-5(13(14)15)1-2-7(6)16-8-10-4-11-12-8/h1-4H,(H,10,11,12). The Morgan fingerprint density at radius 2 is 2.31 bits per heavy atom. The first kappa shape index (κ1) is 10.9. The number of halogens is 1. The highest BCUT2D eigenvalue weighted by Crippen LogP contribution is 2.33. The fourth-order valence-electron chi connectivity index (χ4n) is 1.03. The van der Waals surface area contributed by atoms with Gasteiger partial charge in [-0.05, 0) is 17.8 Å². The largest absolute Gasteiger partial charge is 0.270 e. The van der Waals surface area contributed by atoms with Gasteiger partial charge in [-0.2, -0.15) is 5.10 Å². The number of nitro groups is 1. The van der Waals surface area contributed by atoms with Crippen LogP contribution in [0.25, 0.3) is 0 Å². The van der Waals surface area contributed by atoms with Crippen molar-refractivity contribution in [1.29, 1.82) is 0 Å². The van der Waals surface area contributed by atoms with E-state index in [-0.39, 0.29) is 5.69 Å². The molecule has 0 aliphatic heterocycles. The van der Waals surface area contributed by atoms with Crippen molar-refractivity contribution in [3.05, 3.63) is 39.7 Å². The van der Waals surface area contributed by atoms with Crippen LogP contribution in [0.2, 0.25) is 5.02 Å². The Kier molecular flexibility index (Phi) is 3.07. The van der Waals surface area contributed by atoms with Crippen molar-refractivity contribution < 1.29 is 4.92 Å². The third-order valence-corrected chi connectivity index (χ3v) is 3.12. The predicted octanol–water partition coefficient (Wildman–Crippen LogP) is 2.52. The van der Waals surface area contributed by atoms with Crippen LogP contribution >= 0.6 is 23.4 Å². The van der Waals surface area contributed by atoms with Crippen molar-refractivity contribution in [2.24, 2.45) is 0 Å². The lowest BCUT2D eigenvalue weighted by molar-refractivity contribution is -0.384. The van der Waals surface area contributed by atoms with Crippen molar-refractivity contribution in [3.8, 4) is 0 Å². The first-order valence-corrected chi connectivity index (χ1v) is 5.33. The van der Waals surface area contributed by atoms with Gasteiger partial charge in [0.05, 0.1) is 9.95 Å². The highest BCUT2D eigenvalue weighted by atomic mass is 35.5. The normalized spacial score (nSPS) is 10.3. The van der Waals surface area contributed by atoms with E-state index in [0.29, 0.717) is 15.1 Å². The molecule has 0 fully saturated rings. The minimum absolute atomic E-state index is 0.0353. The van der Waals surface area contributed by atoms with Crippen LogP contribution in [-0.2, 0) is 0 Å². The highest BCUT2D eigenvalue weighted by molar-refractivity contribution is 7.99. The third-order valence-electron chi connectivity index (χ3n) is 1.73. The van der Waals surface area contributed by atoms with Crippen LogP contribution in [-0.4, -0.2) is 20.1 Å². The van der Waals surface area contributed by atoms with Gasteiger partial charge in [0, 0.05) is 17.0 Å². The number of hydrogen-bond acceptors (Lipinski definition) is 5. The molecule has 0 atom stereocenters. The van der Waals surface area contributed by atoms with Crippen molar-refractivity contribution in [2.45, 2.75) is 10.1 Å². The Bertz CT molecular complexity index is 517. The Morgan fingerprint density at radius 1 is 1.50 bits per heavy atom. The van der Waals surface area contributed by atoms with Crippen molar-refractivity contribution >= 4 is 29.1 Å². The first-order valence-electron chi connectivity index (χ1n) is 4.14. The molecule has 0 radical (unpaired) electrons. The molecule has 0 bridgehead atoms. The van der Waals surface area contributed by atoms with Crippen LogP contribution in [0.15, 0.2) is 34.6 Å². The average Bonchev–Trinajstić information content (AvgIpc) is 2.73. The van der Waals surface area contributed by atoms with E-state index in [0.717, 1.165) is 0 Å². The van der Waals surface area contributed by atoms with E-state index in [1.807, 2.05) is 0 Å². The molecule has 0 aliphatic carbocycles. The van der Waals surface area contributed by atoms with Gasteiger partial charge in [-0.1, -0.05) is 11.6 Å². The molecule has 6 nitrogen and oxygen atoms in total. The number of aromatic amines is 1. The summed E-state index contributed by atoms with van der Waals surface area (Å²) in [5.74, 6) is 0. The van der Waals surface area contributed by atoms with E-state index in [9.17, 15) is 10.1 Å². The van der Waals surface area contributed by atoms with E-state index in [1.165, 1.54) is 30.2 Å². The topological polar surface area (TPSA) is 84.7 Å². The number of aromatic nitrogens is 3. The van der Waals surface area contributed by atoms with Gasteiger partial charge in [0.2, 0.25) is 0 Å².